The van der Waals surface area contributed by atoms with E-state index in [-0.39, 0.29) is 24.0 Å². The first-order valence-corrected chi connectivity index (χ1v) is 9.60. The number of aliphatic imine (C=N–C) groups is 1. The van der Waals surface area contributed by atoms with E-state index in [1.807, 2.05) is 7.05 Å². The molecule has 2 N–H and O–H groups in total. The van der Waals surface area contributed by atoms with Gasteiger partial charge in [0.05, 0.1) is 6.10 Å². The minimum Gasteiger partial charge on any atom is -0.376 e. The third-order valence-electron chi connectivity index (χ3n) is 4.78. The average molecular weight is 523 g/mol. The second-order valence-corrected chi connectivity index (χ2v) is 7.46. The van der Waals surface area contributed by atoms with E-state index in [1.165, 1.54) is 18.5 Å². The van der Waals surface area contributed by atoms with Gasteiger partial charge in [-0.25, -0.2) is 0 Å². The number of benzene rings is 1. The lowest BCUT2D eigenvalue weighted by Crippen LogP contribution is -2.43. The Balaban J connectivity index is 0.00000225. The molecule has 140 valence electrons. The van der Waals surface area contributed by atoms with Crippen LogP contribution >= 0.6 is 39.9 Å². The Morgan fingerprint density at radius 2 is 2.00 bits per heavy atom. The topological polar surface area (TPSA) is 48.9 Å². The molecule has 2 atom stereocenters. The van der Waals surface area contributed by atoms with E-state index in [4.69, 9.17) is 4.74 Å². The highest BCUT2D eigenvalue weighted by molar-refractivity contribution is 14.0. The molecule has 0 spiro atoms. The second kappa shape index (κ2) is 10.6. The van der Waals surface area contributed by atoms with Gasteiger partial charge in [-0.05, 0) is 49.4 Å². The van der Waals surface area contributed by atoms with Gasteiger partial charge in [0.1, 0.15) is 0 Å². The molecule has 5 nitrogen and oxygen atoms in total. The molecule has 2 fully saturated rings. The van der Waals surface area contributed by atoms with E-state index in [0.717, 1.165) is 49.6 Å². The van der Waals surface area contributed by atoms with Crippen molar-refractivity contribution in [1.82, 2.24) is 10.6 Å². The van der Waals surface area contributed by atoms with E-state index in [1.54, 1.807) is 0 Å². The molecule has 0 bridgehead atoms. The van der Waals surface area contributed by atoms with Crippen molar-refractivity contribution >= 4 is 51.6 Å². The van der Waals surface area contributed by atoms with Crippen LogP contribution in [0.5, 0.6) is 0 Å². The number of nitrogens with zero attached hydrogens (tertiary/aromatic N) is 2. The van der Waals surface area contributed by atoms with Crippen LogP contribution in [-0.4, -0.2) is 51.9 Å². The summed E-state index contributed by atoms with van der Waals surface area (Å²) in [6.45, 7) is 4.91. The quantitative estimate of drug-likeness (QED) is 0.354. The van der Waals surface area contributed by atoms with Gasteiger partial charge in [0.15, 0.2) is 5.96 Å². The van der Waals surface area contributed by atoms with Crippen LogP contribution in [0.1, 0.15) is 19.3 Å². The van der Waals surface area contributed by atoms with Crippen molar-refractivity contribution in [1.29, 1.82) is 0 Å². The van der Waals surface area contributed by atoms with Crippen molar-refractivity contribution in [2.45, 2.75) is 25.4 Å². The predicted octanol–water partition coefficient (Wildman–Crippen LogP) is 3.24. The fourth-order valence-electron chi connectivity index (χ4n) is 3.36. The van der Waals surface area contributed by atoms with Gasteiger partial charge in [-0.3, -0.25) is 4.99 Å². The minimum atomic E-state index is 0. The van der Waals surface area contributed by atoms with Gasteiger partial charge in [0.25, 0.3) is 0 Å². The Morgan fingerprint density at radius 1 is 1.24 bits per heavy atom. The first kappa shape index (κ1) is 20.8. The van der Waals surface area contributed by atoms with Crippen LogP contribution in [0.4, 0.5) is 5.69 Å². The number of nitrogens with one attached hydrogen (secondary N) is 2. The zero-order valence-corrected chi connectivity index (χ0v) is 18.6. The zero-order valence-electron chi connectivity index (χ0n) is 14.7. The summed E-state index contributed by atoms with van der Waals surface area (Å²) in [7, 11) is 1.83. The van der Waals surface area contributed by atoms with Crippen LogP contribution in [-0.2, 0) is 4.74 Å². The maximum atomic E-state index is 5.64. The lowest BCUT2D eigenvalue weighted by atomic mass is 10.1. The molecule has 0 aliphatic carbocycles. The van der Waals surface area contributed by atoms with E-state index in [9.17, 15) is 0 Å². The molecular formula is C18H28BrIN4O. The Hall–Kier alpha value is -0.540. The van der Waals surface area contributed by atoms with Crippen molar-refractivity contribution in [3.63, 3.8) is 0 Å². The summed E-state index contributed by atoms with van der Waals surface area (Å²) >= 11 is 3.50. The fourth-order valence-corrected chi connectivity index (χ4v) is 3.63. The Morgan fingerprint density at radius 3 is 2.68 bits per heavy atom. The number of rotatable bonds is 5. The summed E-state index contributed by atoms with van der Waals surface area (Å²) in [6.07, 6.45) is 3.87. The molecule has 0 aromatic heterocycles. The summed E-state index contributed by atoms with van der Waals surface area (Å²) in [4.78, 5) is 6.78. The van der Waals surface area contributed by atoms with Gasteiger partial charge in [-0.1, -0.05) is 15.9 Å². The third kappa shape index (κ3) is 6.29. The molecule has 2 aliphatic heterocycles. The Bertz CT molecular complexity index is 549. The molecule has 3 rings (SSSR count). The molecule has 2 heterocycles. The van der Waals surface area contributed by atoms with E-state index in [0.29, 0.717) is 12.0 Å². The van der Waals surface area contributed by atoms with Gasteiger partial charge in [0.2, 0.25) is 0 Å². The van der Waals surface area contributed by atoms with Crippen LogP contribution < -0.4 is 15.5 Å². The number of hydrogen-bond donors (Lipinski definition) is 2. The summed E-state index contributed by atoms with van der Waals surface area (Å²) in [6, 6.07) is 8.58. The average Bonchev–Trinajstić information content (AvgIpc) is 3.27. The highest BCUT2D eigenvalue weighted by atomic mass is 127. The normalized spacial score (nSPS) is 23.4. The van der Waals surface area contributed by atoms with Gasteiger partial charge in [0, 0.05) is 50.0 Å². The lowest BCUT2D eigenvalue weighted by Gasteiger charge is -2.20. The van der Waals surface area contributed by atoms with Crippen LogP contribution in [0.3, 0.4) is 0 Å². The van der Waals surface area contributed by atoms with E-state index >= 15 is 0 Å². The first-order chi connectivity index (χ1) is 11.7. The third-order valence-corrected chi connectivity index (χ3v) is 5.31. The molecule has 0 saturated carbocycles. The second-order valence-electron chi connectivity index (χ2n) is 6.55. The van der Waals surface area contributed by atoms with Gasteiger partial charge < -0.3 is 20.3 Å². The molecule has 25 heavy (non-hydrogen) atoms. The molecule has 1 aromatic carbocycles. The van der Waals surface area contributed by atoms with Gasteiger partial charge in [-0.2, -0.15) is 0 Å². The molecule has 2 unspecified atom stereocenters. The van der Waals surface area contributed by atoms with E-state index < -0.39 is 0 Å². The predicted molar refractivity (Wildman–Crippen MR) is 118 cm³/mol. The smallest absolute Gasteiger partial charge is 0.191 e. The maximum Gasteiger partial charge on any atom is 0.191 e. The first-order valence-electron chi connectivity index (χ1n) is 8.81. The van der Waals surface area contributed by atoms with Crippen LogP contribution in [0.15, 0.2) is 33.7 Å². The molecular weight excluding hydrogens is 495 g/mol. The molecule has 0 amide bonds. The van der Waals surface area contributed by atoms with Crippen LogP contribution in [0.2, 0.25) is 0 Å². The Labute approximate surface area is 176 Å². The SMILES string of the molecule is CN=C(NCC1CCN(c2ccc(Br)cc2)C1)NCC1CCCO1.I. The molecule has 0 radical (unpaired) electrons. The summed E-state index contributed by atoms with van der Waals surface area (Å²) in [5.41, 5.74) is 1.31. The van der Waals surface area contributed by atoms with Crippen molar-refractivity contribution in [2.24, 2.45) is 10.9 Å². The fraction of sp³-hybridized carbons (Fsp3) is 0.611. The molecule has 2 saturated heterocycles. The molecule has 1 aromatic rings. The monoisotopic (exact) mass is 522 g/mol. The number of ether oxygens (including phenoxy) is 1. The van der Waals surface area contributed by atoms with E-state index in [2.05, 4.69) is 60.7 Å². The van der Waals surface area contributed by atoms with Crippen molar-refractivity contribution < 1.29 is 4.74 Å². The van der Waals surface area contributed by atoms with Gasteiger partial charge >= 0.3 is 0 Å². The Kier molecular flexibility index (Phi) is 8.78. The lowest BCUT2D eigenvalue weighted by molar-refractivity contribution is 0.114. The summed E-state index contributed by atoms with van der Waals surface area (Å²) < 4.78 is 6.77. The van der Waals surface area contributed by atoms with Crippen LogP contribution in [0, 0.1) is 5.92 Å². The highest BCUT2D eigenvalue weighted by Gasteiger charge is 2.23. The van der Waals surface area contributed by atoms with Gasteiger partial charge in [-0.15, -0.1) is 24.0 Å². The standard InChI is InChI=1S/C18H27BrN4O.HI/c1-20-18(22-12-17-3-2-10-24-17)21-11-14-8-9-23(13-14)16-6-4-15(19)5-7-16;/h4-7,14,17H,2-3,8-13H2,1H3,(H2,20,21,22);1H. The van der Waals surface area contributed by atoms with Crippen molar-refractivity contribution in [2.75, 3.05) is 44.7 Å². The number of hydrogen-bond acceptors (Lipinski definition) is 3. The minimum absolute atomic E-state index is 0. The molecule has 7 heteroatoms. The van der Waals surface area contributed by atoms with Crippen LogP contribution in [0.25, 0.3) is 0 Å². The van der Waals surface area contributed by atoms with Crippen molar-refractivity contribution in [3.8, 4) is 0 Å². The maximum absolute atomic E-state index is 5.64. The molecule has 2 aliphatic rings. The zero-order chi connectivity index (χ0) is 16.8. The highest BCUT2D eigenvalue weighted by Crippen LogP contribution is 2.24. The largest absolute Gasteiger partial charge is 0.376 e. The number of anilines is 1. The summed E-state index contributed by atoms with van der Waals surface area (Å²) in [5.74, 6) is 1.53. The number of halogens is 2. The number of guanidine groups is 1. The van der Waals surface area contributed by atoms with Crippen molar-refractivity contribution in [3.05, 3.63) is 28.7 Å². The summed E-state index contributed by atoms with van der Waals surface area (Å²) in [5, 5.41) is 6.85.